The Hall–Kier alpha value is -3.22. The van der Waals surface area contributed by atoms with E-state index in [-0.39, 0.29) is 22.8 Å². The highest BCUT2D eigenvalue weighted by Crippen LogP contribution is 2.41. The summed E-state index contributed by atoms with van der Waals surface area (Å²) in [5.74, 6) is -1.56. The Morgan fingerprint density at radius 1 is 1.21 bits per heavy atom. The molecule has 0 bridgehead atoms. The van der Waals surface area contributed by atoms with Crippen LogP contribution in [-0.4, -0.2) is 17.4 Å². The highest BCUT2D eigenvalue weighted by molar-refractivity contribution is 8.03. The van der Waals surface area contributed by atoms with Crippen LogP contribution in [0, 0.1) is 11.3 Å². The molecule has 0 spiro atoms. The lowest BCUT2D eigenvalue weighted by atomic mass is 9.81. The maximum Gasteiger partial charge on any atom is 0.416 e. The van der Waals surface area contributed by atoms with Crippen molar-refractivity contribution in [3.63, 3.8) is 0 Å². The summed E-state index contributed by atoms with van der Waals surface area (Å²) >= 11 is 7.01. The predicted molar refractivity (Wildman–Crippen MR) is 126 cm³/mol. The molecule has 1 aliphatic rings. The van der Waals surface area contributed by atoms with E-state index in [2.05, 4.69) is 16.7 Å². The third kappa shape index (κ3) is 5.82. The second-order valence-corrected chi connectivity index (χ2v) is 8.90. The van der Waals surface area contributed by atoms with Gasteiger partial charge in [0.05, 0.1) is 33.9 Å². The minimum Gasteiger partial charge on any atom is -0.353 e. The third-order valence-electron chi connectivity index (χ3n) is 5.05. The van der Waals surface area contributed by atoms with Gasteiger partial charge >= 0.3 is 6.18 Å². The first-order valence-corrected chi connectivity index (χ1v) is 11.4. The number of dihydropyridines is 1. The minimum absolute atomic E-state index is 0.0143. The van der Waals surface area contributed by atoms with E-state index in [1.165, 1.54) is 19.1 Å². The first kappa shape index (κ1) is 25.4. The fourth-order valence-electron chi connectivity index (χ4n) is 3.59. The second-order valence-electron chi connectivity index (χ2n) is 7.47. The van der Waals surface area contributed by atoms with Gasteiger partial charge in [-0.2, -0.15) is 18.4 Å². The average Bonchev–Trinajstić information content (AvgIpc) is 2.77. The average molecular weight is 506 g/mol. The highest BCUT2D eigenvalue weighted by atomic mass is 35.5. The molecule has 0 aromatic heterocycles. The quantitative estimate of drug-likeness (QED) is 0.502. The Bertz CT molecular complexity index is 1230. The van der Waals surface area contributed by atoms with Crippen molar-refractivity contribution in [2.45, 2.75) is 25.9 Å². The molecule has 1 aliphatic heterocycles. The molecule has 5 nitrogen and oxygen atoms in total. The molecule has 2 aromatic carbocycles. The topological polar surface area (TPSA) is 82.0 Å². The number of nitrogens with one attached hydrogen (secondary N) is 2. The Kier molecular flexibility index (Phi) is 7.75. The number of rotatable bonds is 6. The summed E-state index contributed by atoms with van der Waals surface area (Å²) in [5.41, 5.74) is 1.07. The zero-order chi connectivity index (χ0) is 25.0. The SMILES string of the molecule is CC(=O)C1=C(C)NC(SCC(=O)Nc2cccc(C(F)(F)F)c2)=C(C#N)[C@@H]1c1ccc(Cl)cc1. The van der Waals surface area contributed by atoms with Gasteiger partial charge in [0.15, 0.2) is 5.78 Å². The number of halogens is 4. The molecule has 3 rings (SSSR count). The highest BCUT2D eigenvalue weighted by Gasteiger charge is 2.33. The second kappa shape index (κ2) is 10.4. The van der Waals surface area contributed by atoms with Crippen LogP contribution in [0.3, 0.4) is 0 Å². The van der Waals surface area contributed by atoms with Gasteiger partial charge < -0.3 is 10.6 Å². The molecule has 34 heavy (non-hydrogen) atoms. The normalized spacial score (nSPS) is 16.1. The van der Waals surface area contributed by atoms with Crippen LogP contribution < -0.4 is 10.6 Å². The van der Waals surface area contributed by atoms with Gasteiger partial charge in [0.1, 0.15) is 0 Å². The smallest absolute Gasteiger partial charge is 0.353 e. The number of Topliss-reactive ketones (excluding diaryl/α,β-unsaturated/α-hetero) is 1. The standard InChI is InChI=1S/C24H19ClF3N3O2S/c1-13-21(14(2)32)22(15-6-8-17(25)9-7-15)19(11-29)23(30-13)34-12-20(33)31-18-5-3-4-16(10-18)24(26,27)28/h3-10,22,30H,12H2,1-2H3,(H,31,33)/t22-/m0/s1. The zero-order valence-corrected chi connectivity index (χ0v) is 19.7. The van der Waals surface area contributed by atoms with E-state index in [1.54, 1.807) is 31.2 Å². The first-order valence-electron chi connectivity index (χ1n) is 9.99. The summed E-state index contributed by atoms with van der Waals surface area (Å²) < 4.78 is 38.7. The summed E-state index contributed by atoms with van der Waals surface area (Å²) in [6.45, 7) is 3.12. The largest absolute Gasteiger partial charge is 0.416 e. The van der Waals surface area contributed by atoms with Crippen molar-refractivity contribution in [1.29, 1.82) is 5.26 Å². The lowest BCUT2D eigenvalue weighted by Gasteiger charge is -2.29. The molecule has 0 unspecified atom stereocenters. The number of nitrogens with zero attached hydrogens (tertiary/aromatic N) is 1. The molecule has 0 saturated heterocycles. The van der Waals surface area contributed by atoms with E-state index in [4.69, 9.17) is 11.6 Å². The number of thioether (sulfide) groups is 1. The zero-order valence-electron chi connectivity index (χ0n) is 18.1. The molecular formula is C24H19ClF3N3O2S. The molecule has 1 atom stereocenters. The summed E-state index contributed by atoms with van der Waals surface area (Å²) in [5, 5.41) is 16.3. The molecule has 2 N–H and O–H groups in total. The van der Waals surface area contributed by atoms with E-state index in [9.17, 15) is 28.0 Å². The fourth-order valence-corrected chi connectivity index (χ4v) is 4.61. The number of anilines is 1. The maximum absolute atomic E-state index is 12.9. The number of benzene rings is 2. The monoisotopic (exact) mass is 505 g/mol. The molecule has 2 aromatic rings. The number of hydrogen-bond donors (Lipinski definition) is 2. The Morgan fingerprint density at radius 3 is 2.47 bits per heavy atom. The predicted octanol–water partition coefficient (Wildman–Crippen LogP) is 6.02. The van der Waals surface area contributed by atoms with Crippen LogP contribution in [0.1, 0.15) is 30.9 Å². The Balaban J connectivity index is 1.84. The molecule has 1 heterocycles. The fraction of sp³-hybridized carbons (Fsp3) is 0.208. The van der Waals surface area contributed by atoms with Gasteiger partial charge in [-0.05, 0) is 49.7 Å². The van der Waals surface area contributed by atoms with E-state index >= 15 is 0 Å². The van der Waals surface area contributed by atoms with E-state index in [0.717, 1.165) is 23.9 Å². The molecule has 1 amide bonds. The van der Waals surface area contributed by atoms with Crippen molar-refractivity contribution in [2.24, 2.45) is 0 Å². The van der Waals surface area contributed by atoms with Crippen LogP contribution in [0.15, 0.2) is 70.4 Å². The van der Waals surface area contributed by atoms with Crippen LogP contribution in [-0.2, 0) is 15.8 Å². The van der Waals surface area contributed by atoms with Gasteiger partial charge in [-0.1, -0.05) is 41.6 Å². The van der Waals surface area contributed by atoms with E-state index in [1.807, 2.05) is 0 Å². The van der Waals surface area contributed by atoms with Crippen LogP contribution >= 0.6 is 23.4 Å². The van der Waals surface area contributed by atoms with Gasteiger partial charge in [0.2, 0.25) is 5.91 Å². The number of alkyl halides is 3. The van der Waals surface area contributed by atoms with Gasteiger partial charge in [-0.15, -0.1) is 0 Å². The molecule has 0 radical (unpaired) electrons. The number of allylic oxidation sites excluding steroid dienone is 3. The van der Waals surface area contributed by atoms with Crippen molar-refractivity contribution in [1.82, 2.24) is 5.32 Å². The van der Waals surface area contributed by atoms with Gasteiger partial charge in [0.25, 0.3) is 0 Å². The van der Waals surface area contributed by atoms with Gasteiger partial charge in [-0.25, -0.2) is 0 Å². The summed E-state index contributed by atoms with van der Waals surface area (Å²) in [6.07, 6.45) is -4.52. The summed E-state index contributed by atoms with van der Waals surface area (Å²) in [7, 11) is 0. The number of amides is 1. The van der Waals surface area contributed by atoms with E-state index in [0.29, 0.717) is 26.9 Å². The van der Waals surface area contributed by atoms with Crippen molar-refractivity contribution >= 4 is 40.7 Å². The van der Waals surface area contributed by atoms with Crippen molar-refractivity contribution < 1.29 is 22.8 Å². The van der Waals surface area contributed by atoms with Crippen molar-refractivity contribution in [3.8, 4) is 6.07 Å². The molecule has 0 saturated carbocycles. The Labute approximate surface area is 203 Å². The number of ketones is 1. The Morgan fingerprint density at radius 2 is 1.88 bits per heavy atom. The van der Waals surface area contributed by atoms with Crippen LogP contribution in [0.2, 0.25) is 5.02 Å². The number of nitriles is 1. The number of carbonyl (C=O) groups is 2. The van der Waals surface area contributed by atoms with Crippen LogP contribution in [0.5, 0.6) is 0 Å². The number of carbonyl (C=O) groups excluding carboxylic acids is 2. The molecule has 176 valence electrons. The minimum atomic E-state index is -4.52. The lowest BCUT2D eigenvalue weighted by molar-refractivity contribution is -0.137. The number of hydrogen-bond acceptors (Lipinski definition) is 5. The summed E-state index contributed by atoms with van der Waals surface area (Å²) in [6, 6.07) is 13.3. The van der Waals surface area contributed by atoms with Crippen molar-refractivity contribution in [2.75, 3.05) is 11.1 Å². The van der Waals surface area contributed by atoms with Crippen LogP contribution in [0.4, 0.5) is 18.9 Å². The first-order chi connectivity index (χ1) is 16.0. The lowest BCUT2D eigenvalue weighted by Crippen LogP contribution is -2.27. The molecular weight excluding hydrogens is 487 g/mol. The molecule has 10 heteroatoms. The maximum atomic E-state index is 12.9. The molecule has 0 aliphatic carbocycles. The van der Waals surface area contributed by atoms with Crippen LogP contribution in [0.25, 0.3) is 0 Å². The van der Waals surface area contributed by atoms with Gasteiger partial charge in [0, 0.05) is 22.0 Å². The third-order valence-corrected chi connectivity index (χ3v) is 6.32. The summed E-state index contributed by atoms with van der Waals surface area (Å²) in [4.78, 5) is 24.8. The molecule has 0 fully saturated rings. The van der Waals surface area contributed by atoms with Crippen molar-refractivity contribution in [3.05, 3.63) is 86.6 Å². The van der Waals surface area contributed by atoms with E-state index < -0.39 is 23.6 Å². The van der Waals surface area contributed by atoms with Gasteiger partial charge in [-0.3, -0.25) is 9.59 Å².